The van der Waals surface area contributed by atoms with Gasteiger partial charge in [-0.05, 0) is 24.3 Å². The van der Waals surface area contributed by atoms with Crippen LogP contribution in [0.2, 0.25) is 0 Å². The van der Waals surface area contributed by atoms with Crippen molar-refractivity contribution in [3.05, 3.63) is 64.5 Å². The van der Waals surface area contributed by atoms with Crippen LogP contribution in [0, 0.1) is 5.82 Å². The highest BCUT2D eigenvalue weighted by atomic mass is 32.1. The average molecular weight is 411 g/mol. The van der Waals surface area contributed by atoms with Crippen LogP contribution in [-0.2, 0) is 17.8 Å². The van der Waals surface area contributed by atoms with Crippen molar-refractivity contribution in [2.45, 2.75) is 19.9 Å². The average Bonchev–Trinajstić information content (AvgIpc) is 3.10. The second-order valence-corrected chi connectivity index (χ2v) is 7.47. The minimum Gasteiger partial charge on any atom is -0.495 e. The fourth-order valence-corrected chi connectivity index (χ4v) is 4.39. The van der Waals surface area contributed by atoms with Gasteiger partial charge in [0, 0.05) is 11.1 Å². The summed E-state index contributed by atoms with van der Waals surface area (Å²) in [4.78, 5) is 30.3. The number of ether oxygens (including phenoxy) is 1. The summed E-state index contributed by atoms with van der Waals surface area (Å²) >= 11 is 1.19. The second-order valence-electron chi connectivity index (χ2n) is 6.41. The molecule has 2 heterocycles. The number of anilines is 1. The van der Waals surface area contributed by atoms with E-state index in [4.69, 9.17) is 4.74 Å². The normalized spacial score (nSPS) is 11.1. The molecule has 2 aromatic heterocycles. The van der Waals surface area contributed by atoms with Crippen molar-refractivity contribution >= 4 is 43.2 Å². The zero-order valence-corrected chi connectivity index (χ0v) is 16.7. The molecular weight excluding hydrogens is 393 g/mol. The standard InChI is InChI=1S/C21H18FN3O3S/c1-3-16-24-19-18-12(22)7-6-10-15(18)29-20(19)21(27)25(16)11-17(26)23-13-8-4-5-9-14(13)28-2/h4-10H,3,11H2,1-2H3,(H,23,26). The number of amides is 1. The quantitative estimate of drug-likeness (QED) is 0.540. The summed E-state index contributed by atoms with van der Waals surface area (Å²) in [6, 6.07) is 11.7. The van der Waals surface area contributed by atoms with Crippen LogP contribution in [0.4, 0.5) is 10.1 Å². The Morgan fingerprint density at radius 1 is 1.24 bits per heavy atom. The molecule has 0 saturated heterocycles. The van der Waals surface area contributed by atoms with E-state index in [9.17, 15) is 14.0 Å². The summed E-state index contributed by atoms with van der Waals surface area (Å²) in [5.74, 6) is 0.173. The van der Waals surface area contributed by atoms with E-state index >= 15 is 0 Å². The van der Waals surface area contributed by atoms with Crippen molar-refractivity contribution < 1.29 is 13.9 Å². The molecular formula is C21H18FN3O3S. The van der Waals surface area contributed by atoms with Crippen LogP contribution in [0.25, 0.3) is 20.3 Å². The monoisotopic (exact) mass is 411 g/mol. The Bertz CT molecular complexity index is 1300. The lowest BCUT2D eigenvalue weighted by atomic mass is 10.2. The third-order valence-electron chi connectivity index (χ3n) is 4.63. The molecule has 2 aromatic carbocycles. The first kappa shape index (κ1) is 19.1. The van der Waals surface area contributed by atoms with Gasteiger partial charge in [0.25, 0.3) is 5.56 Å². The fraction of sp³-hybridized carbons (Fsp3) is 0.190. The number of rotatable bonds is 5. The van der Waals surface area contributed by atoms with Gasteiger partial charge in [-0.1, -0.05) is 25.1 Å². The third kappa shape index (κ3) is 3.36. The topological polar surface area (TPSA) is 73.2 Å². The molecule has 8 heteroatoms. The molecule has 0 unspecified atom stereocenters. The number of carbonyl (C=O) groups excluding carboxylic acids is 1. The van der Waals surface area contributed by atoms with Crippen molar-refractivity contribution in [1.29, 1.82) is 0 Å². The van der Waals surface area contributed by atoms with E-state index in [1.807, 2.05) is 6.92 Å². The SMILES string of the molecule is CCc1nc2c(sc3cccc(F)c32)c(=O)n1CC(=O)Nc1ccccc1OC. The molecule has 0 saturated carbocycles. The lowest BCUT2D eigenvalue weighted by molar-refractivity contribution is -0.116. The molecule has 0 spiro atoms. The number of nitrogens with one attached hydrogen (secondary N) is 1. The minimum absolute atomic E-state index is 0.195. The summed E-state index contributed by atoms with van der Waals surface area (Å²) in [5.41, 5.74) is 0.526. The van der Waals surface area contributed by atoms with Gasteiger partial charge in [-0.25, -0.2) is 9.37 Å². The summed E-state index contributed by atoms with van der Waals surface area (Å²) < 4.78 is 21.9. The Morgan fingerprint density at radius 3 is 2.79 bits per heavy atom. The number of hydrogen-bond donors (Lipinski definition) is 1. The number of carbonyl (C=O) groups is 1. The van der Waals surface area contributed by atoms with Gasteiger partial charge in [0.05, 0.1) is 23.7 Å². The zero-order valence-electron chi connectivity index (χ0n) is 15.9. The van der Waals surface area contributed by atoms with Gasteiger partial charge < -0.3 is 10.1 Å². The van der Waals surface area contributed by atoms with Crippen molar-refractivity contribution in [3.63, 3.8) is 0 Å². The van der Waals surface area contributed by atoms with E-state index in [0.29, 0.717) is 44.0 Å². The summed E-state index contributed by atoms with van der Waals surface area (Å²) in [5, 5.41) is 3.12. The van der Waals surface area contributed by atoms with E-state index in [-0.39, 0.29) is 18.0 Å². The van der Waals surface area contributed by atoms with Gasteiger partial charge in [0.15, 0.2) is 0 Å². The number of nitrogens with zero attached hydrogens (tertiary/aromatic N) is 2. The Balaban J connectivity index is 1.76. The fourth-order valence-electron chi connectivity index (χ4n) is 3.29. The molecule has 0 radical (unpaired) electrons. The summed E-state index contributed by atoms with van der Waals surface area (Å²) in [6.07, 6.45) is 0.429. The van der Waals surface area contributed by atoms with E-state index in [2.05, 4.69) is 10.3 Å². The van der Waals surface area contributed by atoms with Crippen LogP contribution in [0.3, 0.4) is 0 Å². The smallest absolute Gasteiger partial charge is 0.272 e. The van der Waals surface area contributed by atoms with E-state index in [1.54, 1.807) is 36.4 Å². The highest BCUT2D eigenvalue weighted by Gasteiger charge is 2.19. The minimum atomic E-state index is -0.408. The largest absolute Gasteiger partial charge is 0.495 e. The van der Waals surface area contributed by atoms with Crippen LogP contribution in [0.1, 0.15) is 12.7 Å². The molecule has 148 valence electrons. The lowest BCUT2D eigenvalue weighted by Gasteiger charge is -2.13. The second kappa shape index (κ2) is 7.63. The summed E-state index contributed by atoms with van der Waals surface area (Å²) in [7, 11) is 1.52. The molecule has 29 heavy (non-hydrogen) atoms. The van der Waals surface area contributed by atoms with Gasteiger partial charge in [-0.15, -0.1) is 11.3 Å². The molecule has 1 amide bonds. The van der Waals surface area contributed by atoms with Gasteiger partial charge in [-0.2, -0.15) is 0 Å². The molecule has 0 aliphatic heterocycles. The highest BCUT2D eigenvalue weighted by molar-refractivity contribution is 7.25. The molecule has 1 N–H and O–H groups in total. The molecule has 0 atom stereocenters. The Morgan fingerprint density at radius 2 is 2.03 bits per heavy atom. The predicted octanol–water partition coefficient (Wildman–Crippen LogP) is 3.96. The van der Waals surface area contributed by atoms with Crippen molar-refractivity contribution in [2.24, 2.45) is 0 Å². The highest BCUT2D eigenvalue weighted by Crippen LogP contribution is 2.32. The zero-order chi connectivity index (χ0) is 20.5. The number of fused-ring (bicyclic) bond motifs is 3. The predicted molar refractivity (Wildman–Crippen MR) is 112 cm³/mol. The first-order chi connectivity index (χ1) is 14.0. The van der Waals surface area contributed by atoms with Crippen LogP contribution in [0.5, 0.6) is 5.75 Å². The Labute approximate surface area is 169 Å². The van der Waals surface area contributed by atoms with Gasteiger partial charge in [0.2, 0.25) is 5.91 Å². The summed E-state index contributed by atoms with van der Waals surface area (Å²) in [6.45, 7) is 1.65. The van der Waals surface area contributed by atoms with Gasteiger partial charge in [-0.3, -0.25) is 14.2 Å². The van der Waals surface area contributed by atoms with Crippen LogP contribution < -0.4 is 15.6 Å². The maximum atomic E-state index is 14.3. The molecule has 0 aliphatic carbocycles. The first-order valence-corrected chi connectivity index (χ1v) is 9.88. The maximum absolute atomic E-state index is 14.3. The molecule has 4 rings (SSSR count). The van der Waals surface area contributed by atoms with Crippen molar-refractivity contribution in [2.75, 3.05) is 12.4 Å². The van der Waals surface area contributed by atoms with Crippen LogP contribution in [-0.4, -0.2) is 22.6 Å². The number of hydrogen-bond acceptors (Lipinski definition) is 5. The number of halogens is 1. The van der Waals surface area contributed by atoms with Gasteiger partial charge >= 0.3 is 0 Å². The maximum Gasteiger partial charge on any atom is 0.272 e. The van der Waals surface area contributed by atoms with Crippen molar-refractivity contribution in [3.8, 4) is 5.75 Å². The van der Waals surface area contributed by atoms with Crippen LogP contribution in [0.15, 0.2) is 47.3 Å². The third-order valence-corrected chi connectivity index (χ3v) is 5.76. The number of methoxy groups -OCH3 is 1. The van der Waals surface area contributed by atoms with Crippen LogP contribution >= 0.6 is 11.3 Å². The molecule has 4 aromatic rings. The van der Waals surface area contributed by atoms with E-state index in [0.717, 1.165) is 0 Å². The molecule has 0 fully saturated rings. The number of aryl methyl sites for hydroxylation is 1. The lowest BCUT2D eigenvalue weighted by Crippen LogP contribution is -2.30. The molecule has 0 bridgehead atoms. The van der Waals surface area contributed by atoms with E-state index in [1.165, 1.54) is 29.1 Å². The van der Waals surface area contributed by atoms with Gasteiger partial charge in [0.1, 0.15) is 28.6 Å². The Hall–Kier alpha value is -3.26. The molecule has 0 aliphatic rings. The number of para-hydroxylation sites is 2. The Kier molecular flexibility index (Phi) is 5.02. The van der Waals surface area contributed by atoms with E-state index < -0.39 is 5.82 Å². The first-order valence-electron chi connectivity index (χ1n) is 9.06. The van der Waals surface area contributed by atoms with Crippen molar-refractivity contribution in [1.82, 2.24) is 9.55 Å². The number of thiophene rings is 1. The number of benzene rings is 2. The number of aromatic nitrogens is 2. The molecule has 6 nitrogen and oxygen atoms in total.